The molecule has 35 heavy (non-hydrogen) atoms. The Hall–Kier alpha value is -4.25. The molecule has 0 saturated heterocycles. The van der Waals surface area contributed by atoms with E-state index in [1.807, 2.05) is 0 Å². The monoisotopic (exact) mass is 496 g/mol. The Labute approximate surface area is 203 Å². The van der Waals surface area contributed by atoms with Crippen LogP contribution >= 0.6 is 0 Å². The number of carbonyl (C=O) groups is 2. The van der Waals surface area contributed by atoms with Crippen LogP contribution in [0.1, 0.15) is 28.2 Å². The van der Waals surface area contributed by atoms with Crippen molar-refractivity contribution in [3.8, 4) is 0 Å². The maximum absolute atomic E-state index is 13.3. The molecule has 0 atom stereocenters. The summed E-state index contributed by atoms with van der Waals surface area (Å²) < 4.78 is 31.4. The smallest absolute Gasteiger partial charge is 0.315 e. The number of benzene rings is 1. The molecule has 3 N–H and O–H groups in total. The van der Waals surface area contributed by atoms with E-state index in [1.165, 1.54) is 37.3 Å². The van der Waals surface area contributed by atoms with Crippen LogP contribution < -0.4 is 19.8 Å². The number of imidazole rings is 2. The molecular weight excluding hydrogens is 468 g/mol. The summed E-state index contributed by atoms with van der Waals surface area (Å²) in [5, 5.41) is 5.41. The van der Waals surface area contributed by atoms with Crippen LogP contribution in [-0.4, -0.2) is 29.8 Å². The second kappa shape index (κ2) is 10.3. The topological polar surface area (TPSA) is 121 Å². The maximum atomic E-state index is 13.3. The fourth-order valence-corrected chi connectivity index (χ4v) is 4.59. The van der Waals surface area contributed by atoms with Gasteiger partial charge in [-0.05, 0) is 37.3 Å². The summed E-state index contributed by atoms with van der Waals surface area (Å²) in [6.45, 7) is 5.06. The van der Waals surface area contributed by atoms with Crippen LogP contribution in [0.25, 0.3) is 0 Å². The number of amides is 2. The maximum Gasteiger partial charge on any atom is 0.347 e. The summed E-state index contributed by atoms with van der Waals surface area (Å²) in [4.78, 5) is 28.0. The van der Waals surface area contributed by atoms with E-state index in [0.717, 1.165) is 0 Å². The quantitative estimate of drug-likeness (QED) is 0.323. The van der Waals surface area contributed by atoms with Gasteiger partial charge < -0.3 is 10.6 Å². The lowest BCUT2D eigenvalue weighted by molar-refractivity contribution is -0.672. The molecule has 0 bridgehead atoms. The minimum absolute atomic E-state index is 0.000327. The molecule has 0 saturated carbocycles. The van der Waals surface area contributed by atoms with Gasteiger partial charge in [-0.3, -0.25) is 9.59 Å². The van der Waals surface area contributed by atoms with Crippen molar-refractivity contribution in [2.75, 3.05) is 5.32 Å². The van der Waals surface area contributed by atoms with E-state index in [9.17, 15) is 18.0 Å². The van der Waals surface area contributed by atoms with E-state index in [4.69, 9.17) is 0 Å². The zero-order valence-corrected chi connectivity index (χ0v) is 20.8. The van der Waals surface area contributed by atoms with Gasteiger partial charge in [-0.1, -0.05) is 18.7 Å². The Balaban J connectivity index is 1.85. The molecule has 3 rings (SSSR count). The number of aryl methyl sites for hydroxylation is 3. The summed E-state index contributed by atoms with van der Waals surface area (Å²) in [6, 6.07) is 5.99. The molecular formula is C24H28N6O4S+2. The number of H-pyrrole nitrogens is 1. The third kappa shape index (κ3) is 5.64. The average molecular weight is 497 g/mol. The number of sulfone groups is 1. The number of allylic oxidation sites excluding steroid dienone is 4. The summed E-state index contributed by atoms with van der Waals surface area (Å²) in [5.74, 6) is -0.118. The molecule has 2 heterocycles. The second-order valence-corrected chi connectivity index (χ2v) is 9.94. The highest BCUT2D eigenvalue weighted by atomic mass is 32.2. The van der Waals surface area contributed by atoms with E-state index >= 15 is 0 Å². The van der Waals surface area contributed by atoms with Crippen LogP contribution in [0.5, 0.6) is 0 Å². The predicted molar refractivity (Wildman–Crippen MR) is 130 cm³/mol. The molecule has 11 heteroatoms. The Morgan fingerprint density at radius 1 is 1.14 bits per heavy atom. The molecule has 0 fully saturated rings. The number of aromatic nitrogens is 4. The van der Waals surface area contributed by atoms with Gasteiger partial charge in [0.25, 0.3) is 0 Å². The molecule has 1 aromatic carbocycles. The largest absolute Gasteiger partial charge is 0.347 e. The summed E-state index contributed by atoms with van der Waals surface area (Å²) in [6.07, 6.45) is 11.1. The van der Waals surface area contributed by atoms with Crippen LogP contribution in [0.2, 0.25) is 0 Å². The number of anilines is 1. The number of rotatable bonds is 8. The lowest BCUT2D eigenvalue weighted by Crippen LogP contribution is -2.38. The summed E-state index contributed by atoms with van der Waals surface area (Å²) in [5.41, 5.74) is 0.584. The van der Waals surface area contributed by atoms with Crippen molar-refractivity contribution in [2.45, 2.75) is 11.8 Å². The van der Waals surface area contributed by atoms with Gasteiger partial charge in [0.2, 0.25) is 9.84 Å². The van der Waals surface area contributed by atoms with Crippen LogP contribution in [0.3, 0.4) is 0 Å². The first kappa shape index (κ1) is 25.4. The summed E-state index contributed by atoms with van der Waals surface area (Å²) >= 11 is 0. The van der Waals surface area contributed by atoms with E-state index in [-0.39, 0.29) is 21.4 Å². The number of nitrogens with zero attached hydrogens (tertiary/aromatic N) is 3. The Kier molecular flexibility index (Phi) is 7.50. The van der Waals surface area contributed by atoms with Crippen molar-refractivity contribution >= 4 is 27.3 Å². The van der Waals surface area contributed by atoms with Crippen molar-refractivity contribution < 1.29 is 27.1 Å². The summed E-state index contributed by atoms with van der Waals surface area (Å²) in [7, 11) is 1.27. The third-order valence-corrected chi connectivity index (χ3v) is 7.05. The number of nitrogens with one attached hydrogen (secondary N) is 3. The van der Waals surface area contributed by atoms with Crippen molar-refractivity contribution in [3.63, 3.8) is 0 Å². The molecule has 0 spiro atoms. The van der Waals surface area contributed by atoms with Gasteiger partial charge in [0.05, 0.1) is 26.0 Å². The highest BCUT2D eigenvalue weighted by molar-refractivity contribution is 7.95. The lowest BCUT2D eigenvalue weighted by atomic mass is 10.3. The van der Waals surface area contributed by atoms with Crippen LogP contribution in [0.4, 0.5) is 5.69 Å². The van der Waals surface area contributed by atoms with Gasteiger partial charge in [-0.2, -0.15) is 0 Å². The number of carbonyl (C=O) groups excluding carboxylic acids is 2. The van der Waals surface area contributed by atoms with Gasteiger partial charge in [0.15, 0.2) is 0 Å². The van der Waals surface area contributed by atoms with Crippen LogP contribution in [-0.2, 0) is 31.0 Å². The normalized spacial score (nSPS) is 12.3. The van der Waals surface area contributed by atoms with Crippen molar-refractivity contribution in [1.29, 1.82) is 0 Å². The van der Waals surface area contributed by atoms with Crippen LogP contribution in [0.15, 0.2) is 89.4 Å². The van der Waals surface area contributed by atoms with E-state index < -0.39 is 15.7 Å². The van der Waals surface area contributed by atoms with E-state index in [1.54, 1.807) is 71.8 Å². The van der Waals surface area contributed by atoms with Gasteiger partial charge in [0.1, 0.15) is 24.8 Å². The molecule has 0 aliphatic rings. The minimum Gasteiger partial charge on any atom is -0.315 e. The standard InChI is InChI=1S/C24H26N6O4S/c1-6-8-18(26-22(31)21-25-11-12-28(21)3)15-17(2)35(33,34)20-10-7-9-19(16-20)27-23(32)24-29(4)13-14-30(24)5/h6-16H,1H2,2-5H3,(H-,26,27,31,32)/p+2/b17-15+,18-8+. The van der Waals surface area contributed by atoms with Gasteiger partial charge in [-0.15, -0.1) is 0 Å². The molecule has 3 aromatic rings. The third-order valence-electron chi connectivity index (χ3n) is 5.21. The highest BCUT2D eigenvalue weighted by Gasteiger charge is 2.23. The molecule has 2 amide bonds. The highest BCUT2D eigenvalue weighted by Crippen LogP contribution is 2.23. The molecule has 0 aliphatic carbocycles. The van der Waals surface area contributed by atoms with Crippen LogP contribution in [0, 0.1) is 0 Å². The zero-order chi connectivity index (χ0) is 25.8. The van der Waals surface area contributed by atoms with E-state index in [2.05, 4.69) is 22.2 Å². The molecule has 2 aromatic heterocycles. The average Bonchev–Trinajstić information content (AvgIpc) is 3.38. The minimum atomic E-state index is -3.92. The molecule has 0 radical (unpaired) electrons. The SMILES string of the molecule is C=C/C=C(\C=C(/C)S(=O)(=O)c1cccc(NC(=O)c2n(C)cc[n+]2C)c1)NC(=O)c1[nH]cc[n+]1C. The molecule has 10 nitrogen and oxygen atoms in total. The fourth-order valence-electron chi connectivity index (χ4n) is 3.39. The first-order valence-electron chi connectivity index (χ1n) is 10.6. The Morgan fingerprint density at radius 2 is 1.89 bits per heavy atom. The first-order chi connectivity index (χ1) is 16.5. The zero-order valence-electron chi connectivity index (χ0n) is 19.9. The number of aromatic amines is 1. The Morgan fingerprint density at radius 3 is 2.49 bits per heavy atom. The molecule has 0 aliphatic heterocycles. The Bertz CT molecular complexity index is 1440. The van der Waals surface area contributed by atoms with Gasteiger partial charge in [-0.25, -0.2) is 27.1 Å². The molecule has 182 valence electrons. The van der Waals surface area contributed by atoms with Gasteiger partial charge in [0, 0.05) is 16.3 Å². The molecule has 0 unspecified atom stereocenters. The fraction of sp³-hybridized carbons (Fsp3) is 0.167. The van der Waals surface area contributed by atoms with Crippen molar-refractivity contribution in [3.05, 3.63) is 96.1 Å². The van der Waals surface area contributed by atoms with Gasteiger partial charge >= 0.3 is 23.5 Å². The number of hydrogen-bond acceptors (Lipinski definition) is 4. The second-order valence-electron chi connectivity index (χ2n) is 7.82. The van der Waals surface area contributed by atoms with Crippen molar-refractivity contribution in [1.82, 2.24) is 14.9 Å². The van der Waals surface area contributed by atoms with Crippen molar-refractivity contribution in [2.24, 2.45) is 21.1 Å². The first-order valence-corrected chi connectivity index (χ1v) is 12.1. The predicted octanol–water partition coefficient (Wildman–Crippen LogP) is 1.43. The lowest BCUT2D eigenvalue weighted by Gasteiger charge is -2.10. The number of hydrogen-bond donors (Lipinski definition) is 3. The van der Waals surface area contributed by atoms with E-state index in [0.29, 0.717) is 17.3 Å².